The molecule has 0 radical (unpaired) electrons. The van der Waals surface area contributed by atoms with Crippen LogP contribution in [0.4, 0.5) is 0 Å². The van der Waals surface area contributed by atoms with Gasteiger partial charge in [-0.1, -0.05) is 62.2 Å². The summed E-state index contributed by atoms with van der Waals surface area (Å²) in [5, 5.41) is 13.6. The van der Waals surface area contributed by atoms with Crippen LogP contribution >= 0.6 is 0 Å². The van der Waals surface area contributed by atoms with Crippen LogP contribution in [0, 0.1) is 0 Å². The van der Waals surface area contributed by atoms with E-state index in [1.54, 1.807) is 12.1 Å². The maximum absolute atomic E-state index is 11.3. The molecule has 3 aromatic carbocycles. The number of unbranched alkanes of at least 4 members (excludes halogenated alkanes) is 3. The van der Waals surface area contributed by atoms with Crippen LogP contribution in [0.1, 0.15) is 48.5 Å². The fourth-order valence-corrected chi connectivity index (χ4v) is 3.12. The average molecular weight is 318 g/mol. The number of carboxylic acids is 1. The first-order chi connectivity index (χ1) is 11.7. The number of benzene rings is 3. The van der Waals surface area contributed by atoms with Crippen molar-refractivity contribution >= 4 is 33.6 Å². The van der Waals surface area contributed by atoms with Crippen molar-refractivity contribution < 1.29 is 9.90 Å². The average Bonchev–Trinajstić information content (AvgIpc) is 2.61. The molecule has 0 aliphatic carbocycles. The standard InChI is InChI=1S/C22H22O2/c1-2-3-4-5-6-9-16-14-17-12-13-18(22(23)24)15-21(17)20-11-8-7-10-19(16)20/h6-15H,2-5H2,1H3,(H,23,24)/b9-6+. The van der Waals surface area contributed by atoms with E-state index in [1.807, 2.05) is 18.2 Å². The van der Waals surface area contributed by atoms with Crippen molar-refractivity contribution in [2.45, 2.75) is 32.6 Å². The van der Waals surface area contributed by atoms with Gasteiger partial charge in [0.15, 0.2) is 0 Å². The molecular formula is C22H22O2. The molecule has 0 saturated heterocycles. The molecule has 2 heteroatoms. The predicted molar refractivity (Wildman–Crippen MR) is 102 cm³/mol. The Labute approximate surface area is 142 Å². The topological polar surface area (TPSA) is 37.3 Å². The van der Waals surface area contributed by atoms with Crippen molar-refractivity contribution in [2.24, 2.45) is 0 Å². The van der Waals surface area contributed by atoms with Crippen molar-refractivity contribution in [1.82, 2.24) is 0 Å². The van der Waals surface area contributed by atoms with Crippen LogP contribution in [0.15, 0.2) is 54.6 Å². The number of allylic oxidation sites excluding steroid dienone is 1. The molecule has 1 N–H and O–H groups in total. The van der Waals surface area contributed by atoms with Gasteiger partial charge in [-0.15, -0.1) is 0 Å². The van der Waals surface area contributed by atoms with Gasteiger partial charge in [-0.3, -0.25) is 0 Å². The SMILES string of the molecule is CCCCC/C=C/c1cc2ccc(C(=O)O)cc2c2ccccc12. The Morgan fingerprint density at radius 2 is 1.79 bits per heavy atom. The molecule has 3 rings (SSSR count). The highest BCUT2D eigenvalue weighted by Gasteiger charge is 2.08. The quantitative estimate of drug-likeness (QED) is 0.428. The maximum atomic E-state index is 11.3. The lowest BCUT2D eigenvalue weighted by Crippen LogP contribution is -1.95. The number of hydrogen-bond acceptors (Lipinski definition) is 1. The Bertz CT molecular complexity index is 906. The predicted octanol–water partition coefficient (Wildman–Crippen LogP) is 6.28. The first-order valence-corrected chi connectivity index (χ1v) is 8.56. The Kier molecular flexibility index (Phi) is 4.95. The fraction of sp³-hybridized carbons (Fsp3) is 0.227. The zero-order valence-corrected chi connectivity index (χ0v) is 14.0. The van der Waals surface area contributed by atoms with E-state index < -0.39 is 5.97 Å². The zero-order valence-electron chi connectivity index (χ0n) is 14.0. The number of carbonyl (C=O) groups is 1. The van der Waals surface area contributed by atoms with Gasteiger partial charge in [-0.25, -0.2) is 4.79 Å². The lowest BCUT2D eigenvalue weighted by atomic mass is 9.95. The van der Waals surface area contributed by atoms with E-state index in [1.165, 1.54) is 30.2 Å². The van der Waals surface area contributed by atoms with E-state index in [9.17, 15) is 9.90 Å². The lowest BCUT2D eigenvalue weighted by molar-refractivity contribution is 0.0697. The molecule has 0 aromatic heterocycles. The van der Waals surface area contributed by atoms with Gasteiger partial charge in [-0.2, -0.15) is 0 Å². The molecule has 0 unspecified atom stereocenters. The summed E-state index contributed by atoms with van der Waals surface area (Å²) < 4.78 is 0. The molecule has 0 bridgehead atoms. The van der Waals surface area contributed by atoms with Crippen molar-refractivity contribution in [3.8, 4) is 0 Å². The fourth-order valence-electron chi connectivity index (χ4n) is 3.12. The molecule has 0 amide bonds. The van der Waals surface area contributed by atoms with Gasteiger partial charge in [0, 0.05) is 0 Å². The summed E-state index contributed by atoms with van der Waals surface area (Å²) in [4.78, 5) is 11.3. The molecule has 0 saturated carbocycles. The van der Waals surface area contributed by atoms with Gasteiger partial charge in [0.1, 0.15) is 0 Å². The summed E-state index contributed by atoms with van der Waals surface area (Å²) in [5.41, 5.74) is 1.52. The van der Waals surface area contributed by atoms with Crippen LogP contribution in [-0.2, 0) is 0 Å². The number of rotatable bonds is 6. The van der Waals surface area contributed by atoms with Crippen molar-refractivity contribution in [3.63, 3.8) is 0 Å². The zero-order chi connectivity index (χ0) is 16.9. The molecule has 3 aromatic rings. The molecule has 0 spiro atoms. The highest BCUT2D eigenvalue weighted by atomic mass is 16.4. The summed E-state index contributed by atoms with van der Waals surface area (Å²) in [6, 6.07) is 15.7. The van der Waals surface area contributed by atoms with Crippen molar-refractivity contribution in [1.29, 1.82) is 0 Å². The van der Waals surface area contributed by atoms with Crippen LogP contribution in [0.3, 0.4) is 0 Å². The van der Waals surface area contributed by atoms with E-state index in [0.29, 0.717) is 5.56 Å². The maximum Gasteiger partial charge on any atom is 0.335 e. The second-order valence-corrected chi connectivity index (χ2v) is 6.15. The summed E-state index contributed by atoms with van der Waals surface area (Å²) in [6.45, 7) is 2.21. The number of aromatic carboxylic acids is 1. The van der Waals surface area contributed by atoms with Crippen molar-refractivity contribution in [2.75, 3.05) is 0 Å². The first-order valence-electron chi connectivity index (χ1n) is 8.56. The minimum Gasteiger partial charge on any atom is -0.478 e. The Balaban J connectivity index is 2.09. The van der Waals surface area contributed by atoms with Crippen LogP contribution in [0.5, 0.6) is 0 Å². The Morgan fingerprint density at radius 3 is 2.54 bits per heavy atom. The van der Waals surface area contributed by atoms with Crippen LogP contribution in [0.25, 0.3) is 27.6 Å². The molecule has 24 heavy (non-hydrogen) atoms. The van der Waals surface area contributed by atoms with E-state index in [0.717, 1.165) is 22.6 Å². The number of carboxylic acid groups (broad SMARTS) is 1. The minimum absolute atomic E-state index is 0.329. The van der Waals surface area contributed by atoms with Gasteiger partial charge in [0.2, 0.25) is 0 Å². The van der Waals surface area contributed by atoms with E-state index in [2.05, 4.69) is 37.3 Å². The molecule has 0 heterocycles. The van der Waals surface area contributed by atoms with Gasteiger partial charge in [0.25, 0.3) is 0 Å². The summed E-state index contributed by atoms with van der Waals surface area (Å²) >= 11 is 0. The number of fused-ring (bicyclic) bond motifs is 3. The van der Waals surface area contributed by atoms with Gasteiger partial charge in [-0.05, 0) is 58.1 Å². The lowest BCUT2D eigenvalue weighted by Gasteiger charge is -2.09. The minimum atomic E-state index is -0.888. The Hall–Kier alpha value is -2.61. The molecule has 122 valence electrons. The number of hydrogen-bond donors (Lipinski definition) is 1. The normalized spacial score (nSPS) is 11.5. The largest absolute Gasteiger partial charge is 0.478 e. The molecule has 0 aliphatic rings. The molecule has 0 atom stereocenters. The van der Waals surface area contributed by atoms with E-state index in [4.69, 9.17) is 0 Å². The highest BCUT2D eigenvalue weighted by Crippen LogP contribution is 2.30. The smallest absolute Gasteiger partial charge is 0.335 e. The molecule has 0 fully saturated rings. The second-order valence-electron chi connectivity index (χ2n) is 6.15. The van der Waals surface area contributed by atoms with Gasteiger partial charge >= 0.3 is 5.97 Å². The molecule has 2 nitrogen and oxygen atoms in total. The van der Waals surface area contributed by atoms with Crippen LogP contribution in [0.2, 0.25) is 0 Å². The van der Waals surface area contributed by atoms with E-state index >= 15 is 0 Å². The third-order valence-corrected chi connectivity index (χ3v) is 4.41. The monoisotopic (exact) mass is 318 g/mol. The second kappa shape index (κ2) is 7.31. The third-order valence-electron chi connectivity index (χ3n) is 4.41. The van der Waals surface area contributed by atoms with Gasteiger partial charge < -0.3 is 5.11 Å². The summed E-state index contributed by atoms with van der Waals surface area (Å²) in [6.07, 6.45) is 9.26. The third kappa shape index (κ3) is 3.33. The van der Waals surface area contributed by atoms with Gasteiger partial charge in [0.05, 0.1) is 5.56 Å². The van der Waals surface area contributed by atoms with Crippen LogP contribution in [-0.4, -0.2) is 11.1 Å². The van der Waals surface area contributed by atoms with E-state index in [-0.39, 0.29) is 0 Å². The summed E-state index contributed by atoms with van der Waals surface area (Å²) in [7, 11) is 0. The highest BCUT2D eigenvalue weighted by molar-refractivity contribution is 6.12. The van der Waals surface area contributed by atoms with Crippen LogP contribution < -0.4 is 0 Å². The Morgan fingerprint density at radius 1 is 1.00 bits per heavy atom. The summed E-state index contributed by atoms with van der Waals surface area (Å²) in [5.74, 6) is -0.888. The molecule has 0 aliphatic heterocycles. The first kappa shape index (κ1) is 16.3. The molecular weight excluding hydrogens is 296 g/mol. The van der Waals surface area contributed by atoms with Crippen molar-refractivity contribution in [3.05, 3.63) is 65.7 Å².